The fourth-order valence-corrected chi connectivity index (χ4v) is 6.29. The Bertz CT molecular complexity index is 1160. The Morgan fingerprint density at radius 1 is 1.05 bits per heavy atom. The van der Waals surface area contributed by atoms with Gasteiger partial charge in [0.1, 0.15) is 17.1 Å². The van der Waals surface area contributed by atoms with E-state index < -0.39 is 5.41 Å². The van der Waals surface area contributed by atoms with Crippen LogP contribution in [0.5, 0.6) is 0 Å². The maximum absolute atomic E-state index is 13.8. The summed E-state index contributed by atoms with van der Waals surface area (Å²) in [6, 6.07) is 4.13. The first-order valence-electron chi connectivity index (χ1n) is 13.7. The minimum atomic E-state index is -1.02. The lowest BCUT2D eigenvalue weighted by atomic mass is 9.76. The number of nitrogens with one attached hydrogen (secondary N) is 2. The predicted molar refractivity (Wildman–Crippen MR) is 140 cm³/mol. The monoisotopic (exact) mass is 504 g/mol. The van der Waals surface area contributed by atoms with Crippen LogP contribution in [0.3, 0.4) is 0 Å². The van der Waals surface area contributed by atoms with Crippen LogP contribution in [0.25, 0.3) is 0 Å². The van der Waals surface area contributed by atoms with Crippen LogP contribution in [0.4, 0.5) is 17.6 Å². The van der Waals surface area contributed by atoms with Gasteiger partial charge in [0, 0.05) is 69.7 Å². The molecule has 0 radical (unpaired) electrons. The minimum absolute atomic E-state index is 0.0798. The van der Waals surface area contributed by atoms with Gasteiger partial charge in [0.2, 0.25) is 17.8 Å². The van der Waals surface area contributed by atoms with E-state index in [0.717, 1.165) is 70.5 Å². The summed E-state index contributed by atoms with van der Waals surface area (Å²) in [5.41, 5.74) is 1.02. The Morgan fingerprint density at radius 2 is 1.84 bits per heavy atom. The van der Waals surface area contributed by atoms with Crippen molar-refractivity contribution in [3.63, 3.8) is 0 Å². The summed E-state index contributed by atoms with van der Waals surface area (Å²) >= 11 is 0. The van der Waals surface area contributed by atoms with Crippen LogP contribution in [0.15, 0.2) is 24.5 Å². The van der Waals surface area contributed by atoms with Crippen LogP contribution >= 0.6 is 0 Å². The number of likely N-dealkylation sites (N-methyl/N-ethyl adjacent to an activating group) is 1. The zero-order chi connectivity index (χ0) is 25.4. The highest BCUT2D eigenvalue weighted by atomic mass is 16.2. The fourth-order valence-electron chi connectivity index (χ4n) is 6.29. The van der Waals surface area contributed by atoms with E-state index in [4.69, 9.17) is 4.98 Å². The third kappa shape index (κ3) is 4.57. The molecule has 0 aromatic carbocycles. The standard InChI is InChI=1S/C27H36N8O2/c1-2-33-11-13-34(14-12-33)18-19-7-8-22(29-16-19)31-26-30-17-20-15-27(9-10-28-24(27)36)25(37)35(23(20)32-26)21-5-3-4-6-21/h7-8,16-17,21H,2-6,9-15,18H2,1H3,(H,28,36)(H,29,30,31,32)/t27-/m1/s1. The third-order valence-electron chi connectivity index (χ3n) is 8.54. The molecule has 2 aromatic rings. The van der Waals surface area contributed by atoms with Gasteiger partial charge in [0.25, 0.3) is 0 Å². The first-order valence-corrected chi connectivity index (χ1v) is 13.7. The molecule has 1 aliphatic carbocycles. The highest BCUT2D eigenvalue weighted by molar-refractivity contribution is 6.14. The second kappa shape index (κ2) is 9.98. The first-order chi connectivity index (χ1) is 18.1. The Morgan fingerprint density at radius 3 is 2.51 bits per heavy atom. The van der Waals surface area contributed by atoms with E-state index in [2.05, 4.69) is 43.4 Å². The quantitative estimate of drug-likeness (QED) is 0.576. The average molecular weight is 505 g/mol. The van der Waals surface area contributed by atoms with Crippen molar-refractivity contribution < 1.29 is 9.59 Å². The van der Waals surface area contributed by atoms with E-state index in [1.807, 2.05) is 17.2 Å². The lowest BCUT2D eigenvalue weighted by Crippen LogP contribution is -2.56. The smallest absolute Gasteiger partial charge is 0.244 e. The van der Waals surface area contributed by atoms with E-state index in [1.54, 1.807) is 6.20 Å². The fraction of sp³-hybridized carbons (Fsp3) is 0.593. The molecule has 5 heterocycles. The van der Waals surface area contributed by atoms with Crippen molar-refractivity contribution in [2.24, 2.45) is 5.41 Å². The molecular formula is C27H36N8O2. The number of pyridine rings is 1. The summed E-state index contributed by atoms with van der Waals surface area (Å²) in [7, 11) is 0. The van der Waals surface area contributed by atoms with Crippen molar-refractivity contribution in [2.45, 2.75) is 58.0 Å². The summed E-state index contributed by atoms with van der Waals surface area (Å²) in [6.45, 7) is 9.15. The number of amides is 2. The second-order valence-electron chi connectivity index (χ2n) is 10.8. The van der Waals surface area contributed by atoms with Gasteiger partial charge >= 0.3 is 0 Å². The maximum atomic E-state index is 13.8. The summed E-state index contributed by atoms with van der Waals surface area (Å²) in [5.74, 6) is 1.46. The average Bonchev–Trinajstić information content (AvgIpc) is 3.57. The molecule has 3 aliphatic heterocycles. The molecule has 196 valence electrons. The zero-order valence-corrected chi connectivity index (χ0v) is 21.6. The molecule has 1 spiro atoms. The number of carbonyl (C=O) groups excluding carboxylic acids is 2. The summed E-state index contributed by atoms with van der Waals surface area (Å²) < 4.78 is 0. The molecule has 0 bridgehead atoms. The molecule has 6 rings (SSSR count). The highest BCUT2D eigenvalue weighted by Gasteiger charge is 2.56. The van der Waals surface area contributed by atoms with Crippen LogP contribution in [0.2, 0.25) is 0 Å². The van der Waals surface area contributed by atoms with Crippen molar-refractivity contribution >= 4 is 29.4 Å². The number of nitrogens with zero attached hydrogens (tertiary/aromatic N) is 6. The first kappa shape index (κ1) is 24.2. The lowest BCUT2D eigenvalue weighted by molar-refractivity contribution is -0.140. The number of aromatic nitrogens is 3. The van der Waals surface area contributed by atoms with Gasteiger partial charge in [-0.25, -0.2) is 9.97 Å². The van der Waals surface area contributed by atoms with Gasteiger partial charge in [-0.15, -0.1) is 0 Å². The largest absolute Gasteiger partial charge is 0.355 e. The number of piperazine rings is 1. The lowest BCUT2D eigenvalue weighted by Gasteiger charge is -2.40. The predicted octanol–water partition coefficient (Wildman–Crippen LogP) is 2.09. The van der Waals surface area contributed by atoms with Gasteiger partial charge < -0.3 is 15.5 Å². The SMILES string of the molecule is CCN1CCN(Cc2ccc(Nc3ncc4c(n3)N(C3CCCC3)C(=O)[C@]3(CCNC3=O)C4)nc2)CC1. The van der Waals surface area contributed by atoms with Crippen molar-refractivity contribution in [1.29, 1.82) is 0 Å². The molecule has 10 nitrogen and oxygen atoms in total. The molecule has 0 unspecified atom stereocenters. The second-order valence-corrected chi connectivity index (χ2v) is 10.8. The van der Waals surface area contributed by atoms with Gasteiger partial charge in [-0.1, -0.05) is 25.8 Å². The van der Waals surface area contributed by atoms with Crippen LogP contribution in [0, 0.1) is 5.41 Å². The van der Waals surface area contributed by atoms with Gasteiger partial charge in [0.15, 0.2) is 0 Å². The van der Waals surface area contributed by atoms with Crippen LogP contribution < -0.4 is 15.5 Å². The molecule has 4 aliphatic rings. The number of carbonyl (C=O) groups is 2. The topological polar surface area (TPSA) is 107 Å². The summed E-state index contributed by atoms with van der Waals surface area (Å²) in [4.78, 5) is 47.3. The molecule has 2 N–H and O–H groups in total. The van der Waals surface area contributed by atoms with Crippen LogP contribution in [-0.4, -0.2) is 81.9 Å². The van der Waals surface area contributed by atoms with Crippen LogP contribution in [0.1, 0.15) is 50.2 Å². The van der Waals surface area contributed by atoms with Crippen molar-refractivity contribution in [3.8, 4) is 0 Å². The number of hydrogen-bond acceptors (Lipinski definition) is 8. The number of hydrogen-bond donors (Lipinski definition) is 2. The Hall–Kier alpha value is -3.11. The zero-order valence-electron chi connectivity index (χ0n) is 21.6. The molecule has 2 saturated heterocycles. The highest BCUT2D eigenvalue weighted by Crippen LogP contribution is 2.44. The molecule has 37 heavy (non-hydrogen) atoms. The summed E-state index contributed by atoms with van der Waals surface area (Å²) in [5, 5.41) is 6.10. The van der Waals surface area contributed by atoms with Crippen molar-refractivity contribution in [3.05, 3.63) is 35.7 Å². The maximum Gasteiger partial charge on any atom is 0.244 e. The van der Waals surface area contributed by atoms with E-state index in [1.165, 1.54) is 5.56 Å². The number of rotatable bonds is 6. The van der Waals surface area contributed by atoms with Gasteiger partial charge in [-0.2, -0.15) is 4.98 Å². The molecular weight excluding hydrogens is 468 g/mol. The molecule has 10 heteroatoms. The Balaban J connectivity index is 1.19. The molecule has 1 saturated carbocycles. The Labute approximate surface area is 217 Å². The van der Waals surface area contributed by atoms with Gasteiger partial charge in [-0.05, 0) is 37.4 Å². The normalized spacial score (nSPS) is 25.1. The van der Waals surface area contributed by atoms with E-state index in [0.29, 0.717) is 37.0 Å². The number of fused-ring (bicyclic) bond motifs is 1. The van der Waals surface area contributed by atoms with E-state index in [9.17, 15) is 9.59 Å². The van der Waals surface area contributed by atoms with E-state index >= 15 is 0 Å². The van der Waals surface area contributed by atoms with E-state index in [-0.39, 0.29) is 17.9 Å². The molecule has 3 fully saturated rings. The Kier molecular flexibility index (Phi) is 6.54. The van der Waals surface area contributed by atoms with Gasteiger partial charge in [-0.3, -0.25) is 19.4 Å². The summed E-state index contributed by atoms with van der Waals surface area (Å²) in [6.07, 6.45) is 8.61. The molecule has 2 amide bonds. The van der Waals surface area contributed by atoms with Gasteiger partial charge in [0.05, 0.1) is 0 Å². The van der Waals surface area contributed by atoms with Crippen molar-refractivity contribution in [2.75, 3.05) is 49.5 Å². The van der Waals surface area contributed by atoms with Crippen LogP contribution in [-0.2, 0) is 22.6 Å². The number of anilines is 3. The van der Waals surface area contributed by atoms with Crippen molar-refractivity contribution in [1.82, 2.24) is 30.1 Å². The molecule has 1 atom stereocenters. The molecule has 2 aromatic heterocycles. The third-order valence-corrected chi connectivity index (χ3v) is 8.54. The minimum Gasteiger partial charge on any atom is -0.355 e.